The molecule has 0 spiro atoms. The first-order chi connectivity index (χ1) is 13.1. The Morgan fingerprint density at radius 2 is 1.82 bits per heavy atom. The predicted octanol–water partition coefficient (Wildman–Crippen LogP) is 0.993. The highest BCUT2D eigenvalue weighted by molar-refractivity contribution is 7.88. The van der Waals surface area contributed by atoms with Crippen LogP contribution in [0, 0.1) is 11.8 Å². The van der Waals surface area contributed by atoms with Gasteiger partial charge in [-0.3, -0.25) is 4.90 Å². The van der Waals surface area contributed by atoms with Gasteiger partial charge >= 0.3 is 0 Å². The molecular formula is C21H30N2O4S. The Hall–Kier alpha value is -1.43. The van der Waals surface area contributed by atoms with Crippen LogP contribution in [0.25, 0.3) is 0 Å². The van der Waals surface area contributed by atoms with Crippen molar-refractivity contribution in [2.75, 3.05) is 32.5 Å². The van der Waals surface area contributed by atoms with Crippen molar-refractivity contribution in [3.63, 3.8) is 0 Å². The molecule has 0 unspecified atom stereocenters. The molecule has 2 saturated heterocycles. The van der Waals surface area contributed by atoms with Crippen LogP contribution < -0.4 is 0 Å². The molecular weight excluding hydrogens is 376 g/mol. The van der Waals surface area contributed by atoms with Gasteiger partial charge in [0.25, 0.3) is 0 Å². The summed E-state index contributed by atoms with van der Waals surface area (Å²) in [5, 5.41) is 19.7. The van der Waals surface area contributed by atoms with E-state index in [4.69, 9.17) is 0 Å². The number of sulfonamides is 1. The summed E-state index contributed by atoms with van der Waals surface area (Å²) in [6.07, 6.45) is 3.04. The molecule has 0 aromatic heterocycles. The van der Waals surface area contributed by atoms with E-state index < -0.39 is 15.6 Å². The lowest BCUT2D eigenvalue weighted by atomic mass is 9.74. The number of hydrogen-bond donors (Lipinski definition) is 2. The van der Waals surface area contributed by atoms with Crippen LogP contribution in [0.5, 0.6) is 0 Å². The molecule has 28 heavy (non-hydrogen) atoms. The van der Waals surface area contributed by atoms with Crippen molar-refractivity contribution in [3.05, 3.63) is 35.4 Å². The molecule has 0 aliphatic carbocycles. The molecule has 6 nitrogen and oxygen atoms in total. The zero-order chi connectivity index (χ0) is 20.5. The Balaban J connectivity index is 1.84. The van der Waals surface area contributed by atoms with Crippen LogP contribution in [-0.2, 0) is 10.0 Å². The SMILES string of the molecule is CC(C)(O)C#Cc1ccc([C@@H]2[C@@H](CO)N3CCCCN(S(C)(=O)=O)C[C@H]23)cc1. The summed E-state index contributed by atoms with van der Waals surface area (Å²) in [6, 6.07) is 7.93. The van der Waals surface area contributed by atoms with E-state index in [1.165, 1.54) is 6.26 Å². The zero-order valence-corrected chi connectivity index (χ0v) is 17.6. The van der Waals surface area contributed by atoms with Crippen molar-refractivity contribution in [3.8, 4) is 11.8 Å². The van der Waals surface area contributed by atoms with Crippen molar-refractivity contribution in [1.82, 2.24) is 9.21 Å². The van der Waals surface area contributed by atoms with Crippen LogP contribution in [0.2, 0.25) is 0 Å². The number of rotatable bonds is 3. The molecule has 0 bridgehead atoms. The van der Waals surface area contributed by atoms with Crippen LogP contribution in [0.15, 0.2) is 24.3 Å². The van der Waals surface area contributed by atoms with Gasteiger partial charge in [0.1, 0.15) is 5.60 Å². The monoisotopic (exact) mass is 406 g/mol. The van der Waals surface area contributed by atoms with E-state index in [0.717, 1.165) is 30.5 Å². The van der Waals surface area contributed by atoms with E-state index in [9.17, 15) is 18.6 Å². The van der Waals surface area contributed by atoms with Gasteiger partial charge in [0.05, 0.1) is 12.9 Å². The van der Waals surface area contributed by atoms with Crippen LogP contribution in [0.1, 0.15) is 43.7 Å². The molecule has 2 fully saturated rings. The molecule has 0 saturated carbocycles. The predicted molar refractivity (Wildman–Crippen MR) is 109 cm³/mol. The average Bonchev–Trinajstić information content (AvgIpc) is 2.58. The van der Waals surface area contributed by atoms with Gasteiger partial charge in [-0.05, 0) is 50.9 Å². The maximum absolute atomic E-state index is 12.1. The Kier molecular flexibility index (Phi) is 6.18. The second kappa shape index (κ2) is 8.13. The van der Waals surface area contributed by atoms with Crippen molar-refractivity contribution in [2.45, 2.75) is 50.3 Å². The second-order valence-electron chi connectivity index (χ2n) is 8.34. The largest absolute Gasteiger partial charge is 0.395 e. The first kappa shape index (κ1) is 21.3. The maximum atomic E-state index is 12.1. The fourth-order valence-electron chi connectivity index (χ4n) is 4.22. The Bertz CT molecular complexity index is 849. The van der Waals surface area contributed by atoms with Gasteiger partial charge in [-0.25, -0.2) is 12.7 Å². The lowest BCUT2D eigenvalue weighted by Crippen LogP contribution is -2.67. The van der Waals surface area contributed by atoms with Gasteiger partial charge in [-0.1, -0.05) is 24.0 Å². The fraction of sp³-hybridized carbons (Fsp3) is 0.619. The topological polar surface area (TPSA) is 81.1 Å². The molecule has 2 aliphatic heterocycles. The molecule has 3 atom stereocenters. The third-order valence-electron chi connectivity index (χ3n) is 5.61. The van der Waals surface area contributed by atoms with Crippen LogP contribution >= 0.6 is 0 Å². The first-order valence-corrected chi connectivity index (χ1v) is 11.6. The average molecular weight is 407 g/mol. The van der Waals surface area contributed by atoms with Crippen LogP contribution in [0.4, 0.5) is 0 Å². The van der Waals surface area contributed by atoms with E-state index in [1.54, 1.807) is 18.2 Å². The molecule has 154 valence electrons. The van der Waals surface area contributed by atoms with E-state index in [1.807, 2.05) is 24.3 Å². The van der Waals surface area contributed by atoms with Crippen molar-refractivity contribution >= 4 is 10.0 Å². The molecule has 2 aliphatic rings. The lowest BCUT2D eigenvalue weighted by Gasteiger charge is -2.57. The highest BCUT2D eigenvalue weighted by atomic mass is 32.2. The Labute approximate surface area is 168 Å². The summed E-state index contributed by atoms with van der Waals surface area (Å²) < 4.78 is 25.9. The van der Waals surface area contributed by atoms with Crippen LogP contribution in [0.3, 0.4) is 0 Å². The number of benzene rings is 1. The maximum Gasteiger partial charge on any atom is 0.211 e. The summed E-state index contributed by atoms with van der Waals surface area (Å²) in [4.78, 5) is 2.25. The molecule has 2 heterocycles. The van der Waals surface area contributed by atoms with E-state index in [0.29, 0.717) is 13.1 Å². The van der Waals surface area contributed by atoms with Gasteiger partial charge in [-0.2, -0.15) is 0 Å². The standard InChI is InChI=1S/C21H30N2O4S/c1-21(2,25)11-10-16-6-8-17(9-7-16)20-18-14-22(28(3,26)27)12-4-5-13-23(18)19(20)15-24/h6-9,18-20,24-25H,4-5,12-15H2,1-3H3/t18-,19-,20+/m1/s1. The summed E-state index contributed by atoms with van der Waals surface area (Å²) in [5.74, 6) is 5.85. The molecule has 3 rings (SSSR count). The number of nitrogens with zero attached hydrogens (tertiary/aromatic N) is 2. The van der Waals surface area contributed by atoms with Gasteiger partial charge in [-0.15, -0.1) is 0 Å². The van der Waals surface area contributed by atoms with E-state index in [2.05, 4.69) is 16.7 Å². The molecule has 2 N–H and O–H groups in total. The highest BCUT2D eigenvalue weighted by Crippen LogP contribution is 2.42. The smallest absolute Gasteiger partial charge is 0.211 e. The van der Waals surface area contributed by atoms with Gasteiger partial charge in [0.15, 0.2) is 0 Å². The van der Waals surface area contributed by atoms with Crippen LogP contribution in [-0.4, -0.2) is 78.0 Å². The van der Waals surface area contributed by atoms with Crippen molar-refractivity contribution in [1.29, 1.82) is 0 Å². The highest BCUT2D eigenvalue weighted by Gasteiger charge is 2.49. The molecule has 0 radical (unpaired) electrons. The minimum Gasteiger partial charge on any atom is -0.395 e. The first-order valence-electron chi connectivity index (χ1n) is 9.77. The summed E-state index contributed by atoms with van der Waals surface area (Å²) in [5.41, 5.74) is 0.865. The quantitative estimate of drug-likeness (QED) is 0.732. The number of hydrogen-bond acceptors (Lipinski definition) is 5. The minimum absolute atomic E-state index is 0.0119. The Morgan fingerprint density at radius 1 is 1.18 bits per heavy atom. The molecule has 0 amide bonds. The van der Waals surface area contributed by atoms with Crippen molar-refractivity contribution < 1.29 is 18.6 Å². The van der Waals surface area contributed by atoms with Gasteiger partial charge in [0, 0.05) is 36.7 Å². The summed E-state index contributed by atoms with van der Waals surface area (Å²) in [7, 11) is -3.24. The number of aliphatic hydroxyl groups excluding tert-OH is 1. The third kappa shape index (κ3) is 4.76. The molecule has 7 heteroatoms. The summed E-state index contributed by atoms with van der Waals surface area (Å²) in [6.45, 7) is 5.25. The third-order valence-corrected chi connectivity index (χ3v) is 6.88. The minimum atomic E-state index is -3.24. The molecule has 1 aromatic rings. The zero-order valence-electron chi connectivity index (χ0n) is 16.8. The number of aliphatic hydroxyl groups is 2. The van der Waals surface area contributed by atoms with Gasteiger partial charge < -0.3 is 10.2 Å². The van der Waals surface area contributed by atoms with Crippen molar-refractivity contribution in [2.24, 2.45) is 0 Å². The lowest BCUT2D eigenvalue weighted by molar-refractivity contribution is -0.0553. The summed E-state index contributed by atoms with van der Waals surface area (Å²) >= 11 is 0. The Morgan fingerprint density at radius 3 is 2.39 bits per heavy atom. The van der Waals surface area contributed by atoms with E-state index in [-0.39, 0.29) is 24.6 Å². The van der Waals surface area contributed by atoms with Gasteiger partial charge in [0.2, 0.25) is 10.0 Å². The van der Waals surface area contributed by atoms with E-state index >= 15 is 0 Å². The second-order valence-corrected chi connectivity index (χ2v) is 10.3. The fourth-order valence-corrected chi connectivity index (χ4v) is 5.11. The molecule has 1 aromatic carbocycles. The normalized spacial score (nSPS) is 27.0. The number of fused-ring (bicyclic) bond motifs is 1.